The summed E-state index contributed by atoms with van der Waals surface area (Å²) in [6.45, 7) is 0. The number of carbonyl (C=O) groups excluding carboxylic acids is 1. The molecule has 0 aromatic carbocycles. The van der Waals surface area contributed by atoms with Crippen molar-refractivity contribution >= 4 is 65.1 Å². The van der Waals surface area contributed by atoms with Crippen molar-refractivity contribution in [2.75, 3.05) is 0 Å². The highest BCUT2D eigenvalue weighted by Gasteiger charge is 2.54. The van der Waals surface area contributed by atoms with Crippen molar-refractivity contribution in [2.24, 2.45) is 4.99 Å². The molecule has 2 heterocycles. The minimum absolute atomic E-state index is 0.0579. The van der Waals surface area contributed by atoms with Crippen LogP contribution in [-0.2, 0) is 4.79 Å². The van der Waals surface area contributed by atoms with Gasteiger partial charge in [0.15, 0.2) is 5.82 Å². The van der Waals surface area contributed by atoms with E-state index >= 15 is 0 Å². The molecule has 7 heteroatoms. The molecule has 84 valence electrons. The molecule has 0 bridgehead atoms. The number of carbonyl (C=O) groups is 1. The lowest BCUT2D eigenvalue weighted by Gasteiger charge is -1.93. The Morgan fingerprint density at radius 3 is 2.50 bits per heavy atom. The topological polar surface area (TPSA) is 29.4 Å². The summed E-state index contributed by atoms with van der Waals surface area (Å²) in [5, 5.41) is 0.582. The Morgan fingerprint density at radius 2 is 2.06 bits per heavy atom. The second kappa shape index (κ2) is 3.63. The number of hydrogen-bond donors (Lipinski definition) is 0. The van der Waals surface area contributed by atoms with Gasteiger partial charge in [0.05, 0.1) is 13.1 Å². The summed E-state index contributed by atoms with van der Waals surface area (Å²) in [6.07, 6.45) is 1.61. The van der Waals surface area contributed by atoms with E-state index in [0.717, 1.165) is 24.6 Å². The summed E-state index contributed by atoms with van der Waals surface area (Å²) in [4.78, 5) is 16.5. The van der Waals surface area contributed by atoms with Crippen LogP contribution in [-0.4, -0.2) is 15.7 Å². The molecule has 3 rings (SSSR count). The molecule has 0 saturated heterocycles. The predicted octanol–water partition coefficient (Wildman–Crippen LogP) is 3.96. The SMILES string of the molecule is O=C1SC(c2sc(Br)c(Br)c2F)=NC12CC2. The smallest absolute Gasteiger partial charge is 0.222 e. The molecule has 1 spiro atoms. The van der Waals surface area contributed by atoms with Gasteiger partial charge < -0.3 is 0 Å². The minimum atomic E-state index is -0.505. The number of halogens is 3. The van der Waals surface area contributed by atoms with Crippen molar-refractivity contribution in [1.29, 1.82) is 0 Å². The Hall–Kier alpha value is 0.280. The molecule has 1 aliphatic carbocycles. The van der Waals surface area contributed by atoms with Crippen LogP contribution >= 0.6 is 55.0 Å². The average molecular weight is 385 g/mol. The first kappa shape index (κ1) is 11.4. The number of hydrogen-bond acceptors (Lipinski definition) is 4. The number of rotatable bonds is 1. The summed E-state index contributed by atoms with van der Waals surface area (Å²) >= 11 is 8.73. The quantitative estimate of drug-likeness (QED) is 0.733. The summed E-state index contributed by atoms with van der Waals surface area (Å²) in [7, 11) is 0. The van der Waals surface area contributed by atoms with E-state index in [1.165, 1.54) is 11.3 Å². The Labute approximate surface area is 116 Å². The van der Waals surface area contributed by atoms with Gasteiger partial charge in [-0.3, -0.25) is 9.79 Å². The molecule has 0 N–H and O–H groups in total. The van der Waals surface area contributed by atoms with Crippen LogP contribution in [0.4, 0.5) is 4.39 Å². The van der Waals surface area contributed by atoms with Crippen molar-refractivity contribution < 1.29 is 9.18 Å². The number of thioether (sulfide) groups is 1. The van der Waals surface area contributed by atoms with Gasteiger partial charge in [-0.25, -0.2) is 4.39 Å². The van der Waals surface area contributed by atoms with Crippen molar-refractivity contribution in [3.05, 3.63) is 19.0 Å². The second-order valence-electron chi connectivity index (χ2n) is 3.67. The molecule has 1 fully saturated rings. The molecule has 2 nitrogen and oxygen atoms in total. The van der Waals surface area contributed by atoms with Crippen molar-refractivity contribution in [3.8, 4) is 0 Å². The molecule has 1 aliphatic heterocycles. The molecule has 1 aromatic rings. The number of nitrogens with zero attached hydrogens (tertiary/aromatic N) is 1. The number of thiophene rings is 1. The van der Waals surface area contributed by atoms with Crippen molar-refractivity contribution in [3.63, 3.8) is 0 Å². The highest BCUT2D eigenvalue weighted by atomic mass is 79.9. The van der Waals surface area contributed by atoms with Gasteiger partial charge >= 0.3 is 0 Å². The fraction of sp³-hybridized carbons (Fsp3) is 0.333. The van der Waals surface area contributed by atoms with Gasteiger partial charge in [0.25, 0.3) is 0 Å². The van der Waals surface area contributed by atoms with E-state index in [2.05, 4.69) is 36.9 Å². The first-order chi connectivity index (χ1) is 7.53. The lowest BCUT2D eigenvalue weighted by molar-refractivity contribution is -0.112. The van der Waals surface area contributed by atoms with Gasteiger partial charge in [-0.2, -0.15) is 0 Å². The normalized spacial score (nSPS) is 21.7. The third kappa shape index (κ3) is 1.55. The van der Waals surface area contributed by atoms with Crippen molar-refractivity contribution in [2.45, 2.75) is 18.4 Å². The summed E-state index contributed by atoms with van der Waals surface area (Å²) in [5.74, 6) is -0.339. The van der Waals surface area contributed by atoms with Crippen LogP contribution in [0, 0.1) is 5.82 Å². The third-order valence-electron chi connectivity index (χ3n) is 2.56. The largest absolute Gasteiger partial charge is 0.284 e. The first-order valence-electron chi connectivity index (χ1n) is 4.49. The maximum absolute atomic E-state index is 13.8. The lowest BCUT2D eigenvalue weighted by atomic mass is 10.3. The zero-order valence-electron chi connectivity index (χ0n) is 7.72. The van der Waals surface area contributed by atoms with E-state index in [1.54, 1.807) is 0 Å². The molecular formula is C9H4Br2FNOS2. The van der Waals surface area contributed by atoms with E-state index in [-0.39, 0.29) is 10.9 Å². The van der Waals surface area contributed by atoms with Crippen LogP contribution in [0.25, 0.3) is 0 Å². The highest BCUT2D eigenvalue weighted by Crippen LogP contribution is 2.51. The molecule has 0 atom stereocenters. The van der Waals surface area contributed by atoms with E-state index < -0.39 is 5.54 Å². The van der Waals surface area contributed by atoms with Gasteiger partial charge in [-0.05, 0) is 56.5 Å². The Bertz CT molecular complexity index is 536. The lowest BCUT2D eigenvalue weighted by Crippen LogP contribution is -2.10. The van der Waals surface area contributed by atoms with E-state index in [1.807, 2.05) is 0 Å². The monoisotopic (exact) mass is 383 g/mol. The highest BCUT2D eigenvalue weighted by molar-refractivity contribution is 9.13. The first-order valence-corrected chi connectivity index (χ1v) is 7.71. The number of aliphatic imine (C=N–C) groups is 1. The van der Waals surface area contributed by atoms with E-state index in [9.17, 15) is 9.18 Å². The molecule has 0 radical (unpaired) electrons. The average Bonchev–Trinajstić information content (AvgIpc) is 2.89. The molecule has 16 heavy (non-hydrogen) atoms. The summed E-state index contributed by atoms with van der Waals surface area (Å²) in [6, 6.07) is 0. The summed E-state index contributed by atoms with van der Waals surface area (Å²) in [5.41, 5.74) is -0.505. The van der Waals surface area contributed by atoms with Gasteiger partial charge in [0.1, 0.15) is 10.6 Å². The summed E-state index contributed by atoms with van der Waals surface area (Å²) < 4.78 is 14.9. The van der Waals surface area contributed by atoms with E-state index in [0.29, 0.717) is 18.2 Å². The molecule has 1 saturated carbocycles. The fourth-order valence-corrected chi connectivity index (χ4v) is 4.66. The Morgan fingerprint density at radius 1 is 1.38 bits per heavy atom. The van der Waals surface area contributed by atoms with Crippen molar-refractivity contribution in [1.82, 2.24) is 0 Å². The van der Waals surface area contributed by atoms with Gasteiger partial charge in [0, 0.05) is 0 Å². The van der Waals surface area contributed by atoms with Crippen LogP contribution in [0.15, 0.2) is 13.3 Å². The van der Waals surface area contributed by atoms with Gasteiger partial charge in [-0.15, -0.1) is 11.3 Å². The molecule has 0 amide bonds. The molecule has 1 aromatic heterocycles. The second-order valence-corrected chi connectivity index (χ2v) is 7.76. The van der Waals surface area contributed by atoms with Gasteiger partial charge in [-0.1, -0.05) is 0 Å². The zero-order valence-corrected chi connectivity index (χ0v) is 12.5. The van der Waals surface area contributed by atoms with Gasteiger partial charge in [0.2, 0.25) is 5.12 Å². The molecular weight excluding hydrogens is 381 g/mol. The maximum atomic E-state index is 13.8. The minimum Gasteiger partial charge on any atom is -0.284 e. The molecule has 2 aliphatic rings. The zero-order chi connectivity index (χ0) is 11.5. The fourth-order valence-electron chi connectivity index (χ4n) is 1.48. The Kier molecular flexibility index (Phi) is 2.58. The maximum Gasteiger partial charge on any atom is 0.222 e. The van der Waals surface area contributed by atoms with Crippen LogP contribution in [0.1, 0.15) is 17.7 Å². The van der Waals surface area contributed by atoms with Crippen LogP contribution in [0.5, 0.6) is 0 Å². The van der Waals surface area contributed by atoms with Crippen LogP contribution in [0.2, 0.25) is 0 Å². The molecule has 0 unspecified atom stereocenters. The Balaban J connectivity index is 2.06. The van der Waals surface area contributed by atoms with Crippen LogP contribution in [0.3, 0.4) is 0 Å². The standard InChI is InChI=1S/C9H4Br2FNOS2/c10-3-4(12)5(15-6(3)11)7-13-9(1-2-9)8(14)16-7/h1-2H2. The van der Waals surface area contributed by atoms with E-state index in [4.69, 9.17) is 0 Å². The van der Waals surface area contributed by atoms with Crippen LogP contribution < -0.4 is 0 Å². The third-order valence-corrected chi connectivity index (χ3v) is 7.12. The predicted molar refractivity (Wildman–Crippen MR) is 70.8 cm³/mol.